The number of anilines is 3. The number of nitrogens with two attached hydrogens (primary N) is 4. The molecule has 3 fully saturated rings. The summed E-state index contributed by atoms with van der Waals surface area (Å²) < 4.78 is 0. The molecule has 3 saturated heterocycles. The van der Waals surface area contributed by atoms with Crippen molar-refractivity contribution >= 4 is 23.8 Å². The third-order valence-corrected chi connectivity index (χ3v) is 6.27. The van der Waals surface area contributed by atoms with Crippen molar-refractivity contribution < 1.29 is 4.79 Å². The standard InChI is InChI=1S/C20H37N11O/c21-13-7-14(22)10-30(9-13)19-26-18(25-4-2-6-29-5-1-3-17(29)32)27-20(28-19)31-11-15(23)8-16(24)12-31/h13-16H,1-12,21-24H2,(H,25,26,27,28). The van der Waals surface area contributed by atoms with Crippen molar-refractivity contribution in [2.75, 3.05) is 60.9 Å². The van der Waals surface area contributed by atoms with E-state index >= 15 is 0 Å². The fraction of sp³-hybridized carbons (Fsp3) is 0.800. The number of rotatable bonds is 7. The summed E-state index contributed by atoms with van der Waals surface area (Å²) in [5, 5.41) is 3.31. The van der Waals surface area contributed by atoms with Crippen LogP contribution < -0.4 is 38.1 Å². The van der Waals surface area contributed by atoms with Gasteiger partial charge in [-0.25, -0.2) is 0 Å². The predicted octanol–water partition coefficient (Wildman–Crippen LogP) is -1.97. The van der Waals surface area contributed by atoms with Crippen molar-refractivity contribution in [3.8, 4) is 0 Å². The SMILES string of the molecule is NC1CC(N)CN(c2nc(NCCCN3CCCC3=O)nc(N3CC(N)CC(N)C3)n2)C1. The van der Waals surface area contributed by atoms with E-state index in [0.717, 1.165) is 38.8 Å². The van der Waals surface area contributed by atoms with Crippen molar-refractivity contribution in [1.82, 2.24) is 19.9 Å². The smallest absolute Gasteiger partial charge is 0.232 e. The molecule has 1 amide bonds. The second-order valence-electron chi connectivity index (χ2n) is 9.35. The van der Waals surface area contributed by atoms with Crippen LogP contribution >= 0.6 is 0 Å². The van der Waals surface area contributed by atoms with E-state index in [1.807, 2.05) is 14.7 Å². The molecule has 32 heavy (non-hydrogen) atoms. The largest absolute Gasteiger partial charge is 0.354 e. The fourth-order valence-corrected chi connectivity index (χ4v) is 4.81. The number of carbonyl (C=O) groups excluding carboxylic acids is 1. The quantitative estimate of drug-likeness (QED) is 0.292. The third kappa shape index (κ3) is 5.74. The van der Waals surface area contributed by atoms with Crippen LogP contribution in [0.2, 0.25) is 0 Å². The normalized spacial score (nSPS) is 29.0. The molecule has 0 aliphatic carbocycles. The van der Waals surface area contributed by atoms with E-state index in [9.17, 15) is 4.79 Å². The van der Waals surface area contributed by atoms with Crippen molar-refractivity contribution in [3.63, 3.8) is 0 Å². The zero-order valence-electron chi connectivity index (χ0n) is 18.7. The van der Waals surface area contributed by atoms with Crippen molar-refractivity contribution in [3.05, 3.63) is 0 Å². The maximum atomic E-state index is 11.8. The van der Waals surface area contributed by atoms with E-state index in [-0.39, 0.29) is 30.1 Å². The Hall–Kier alpha value is -2.28. The highest BCUT2D eigenvalue weighted by atomic mass is 16.2. The van der Waals surface area contributed by atoms with E-state index in [1.165, 1.54) is 0 Å². The molecular formula is C20H37N11O. The monoisotopic (exact) mass is 447 g/mol. The molecule has 0 aromatic carbocycles. The van der Waals surface area contributed by atoms with Gasteiger partial charge >= 0.3 is 0 Å². The second-order valence-corrected chi connectivity index (χ2v) is 9.35. The van der Waals surface area contributed by atoms with Crippen LogP contribution in [0.4, 0.5) is 17.8 Å². The van der Waals surface area contributed by atoms with Crippen LogP contribution in [0.25, 0.3) is 0 Å². The van der Waals surface area contributed by atoms with Crippen LogP contribution in [-0.2, 0) is 4.79 Å². The zero-order valence-corrected chi connectivity index (χ0v) is 18.7. The Morgan fingerprint density at radius 3 is 1.84 bits per heavy atom. The summed E-state index contributed by atoms with van der Waals surface area (Å²) in [7, 11) is 0. The van der Waals surface area contributed by atoms with Crippen molar-refractivity contribution in [2.24, 2.45) is 22.9 Å². The molecule has 3 aliphatic heterocycles. The molecule has 4 unspecified atom stereocenters. The van der Waals surface area contributed by atoms with Gasteiger partial charge in [-0.2, -0.15) is 15.0 Å². The third-order valence-electron chi connectivity index (χ3n) is 6.27. The summed E-state index contributed by atoms with van der Waals surface area (Å²) in [6, 6.07) is -0.0918. The number of aromatic nitrogens is 3. The van der Waals surface area contributed by atoms with Gasteiger partial charge in [-0.15, -0.1) is 0 Å². The van der Waals surface area contributed by atoms with Gasteiger partial charge in [0.15, 0.2) is 0 Å². The summed E-state index contributed by atoms with van der Waals surface area (Å²) in [5.41, 5.74) is 24.8. The van der Waals surface area contributed by atoms with Crippen LogP contribution in [0.1, 0.15) is 32.1 Å². The molecule has 178 valence electrons. The number of piperidine rings is 2. The predicted molar refractivity (Wildman–Crippen MR) is 124 cm³/mol. The minimum Gasteiger partial charge on any atom is -0.354 e. The molecule has 12 heteroatoms. The Balaban J connectivity index is 1.48. The van der Waals surface area contributed by atoms with Crippen LogP contribution in [-0.4, -0.2) is 95.7 Å². The Bertz CT molecular complexity index is 729. The molecule has 4 heterocycles. The first-order valence-corrected chi connectivity index (χ1v) is 11.7. The van der Waals surface area contributed by atoms with Gasteiger partial charge in [0.2, 0.25) is 23.8 Å². The number of carbonyl (C=O) groups is 1. The lowest BCUT2D eigenvalue weighted by Crippen LogP contribution is -2.54. The molecule has 0 bridgehead atoms. The molecule has 4 rings (SSSR count). The average molecular weight is 448 g/mol. The summed E-state index contributed by atoms with van der Waals surface area (Å²) in [4.78, 5) is 31.8. The number of hydrogen-bond acceptors (Lipinski definition) is 11. The van der Waals surface area contributed by atoms with Gasteiger partial charge in [-0.3, -0.25) is 4.79 Å². The van der Waals surface area contributed by atoms with Crippen LogP contribution in [0.5, 0.6) is 0 Å². The molecule has 12 nitrogen and oxygen atoms in total. The Kier molecular flexibility index (Phi) is 7.23. The van der Waals surface area contributed by atoms with E-state index in [1.54, 1.807) is 0 Å². The Morgan fingerprint density at radius 2 is 1.38 bits per heavy atom. The topological polar surface area (TPSA) is 182 Å². The minimum atomic E-state index is -0.0230. The van der Waals surface area contributed by atoms with E-state index in [2.05, 4.69) is 15.3 Å². The number of hydrogen-bond donors (Lipinski definition) is 5. The molecule has 3 aliphatic rings. The van der Waals surface area contributed by atoms with Gasteiger partial charge in [0.05, 0.1) is 0 Å². The second kappa shape index (κ2) is 10.1. The molecule has 0 radical (unpaired) electrons. The van der Waals surface area contributed by atoms with Crippen LogP contribution in [0.3, 0.4) is 0 Å². The zero-order chi connectivity index (χ0) is 22.7. The van der Waals surface area contributed by atoms with Gasteiger partial charge in [-0.1, -0.05) is 0 Å². The highest BCUT2D eigenvalue weighted by molar-refractivity contribution is 5.78. The van der Waals surface area contributed by atoms with E-state index in [0.29, 0.717) is 57.0 Å². The minimum absolute atomic E-state index is 0.0230. The molecular weight excluding hydrogens is 410 g/mol. The van der Waals surface area contributed by atoms with Crippen molar-refractivity contribution in [2.45, 2.75) is 56.3 Å². The first-order chi connectivity index (χ1) is 15.4. The van der Waals surface area contributed by atoms with Crippen molar-refractivity contribution in [1.29, 1.82) is 0 Å². The van der Waals surface area contributed by atoms with Gasteiger partial charge in [0.25, 0.3) is 0 Å². The molecule has 1 aromatic rings. The fourth-order valence-electron chi connectivity index (χ4n) is 4.81. The van der Waals surface area contributed by atoms with E-state index < -0.39 is 0 Å². The molecule has 0 saturated carbocycles. The molecule has 9 N–H and O–H groups in total. The van der Waals surface area contributed by atoms with Crippen LogP contribution in [0.15, 0.2) is 0 Å². The summed E-state index contributed by atoms with van der Waals surface area (Å²) in [6.45, 7) is 4.83. The van der Waals surface area contributed by atoms with Gasteiger partial charge in [0, 0.05) is 76.4 Å². The highest BCUT2D eigenvalue weighted by Gasteiger charge is 2.28. The summed E-state index contributed by atoms with van der Waals surface area (Å²) >= 11 is 0. The lowest BCUT2D eigenvalue weighted by molar-refractivity contribution is -0.127. The Labute approximate surface area is 189 Å². The number of nitrogens with zero attached hydrogens (tertiary/aromatic N) is 6. The summed E-state index contributed by atoms with van der Waals surface area (Å²) in [5.74, 6) is 1.86. The number of amides is 1. The lowest BCUT2D eigenvalue weighted by atomic mass is 10.0. The first kappa shape index (κ1) is 22.9. The highest BCUT2D eigenvalue weighted by Crippen LogP contribution is 2.22. The van der Waals surface area contributed by atoms with E-state index in [4.69, 9.17) is 27.9 Å². The summed E-state index contributed by atoms with van der Waals surface area (Å²) in [6.07, 6.45) is 4.00. The maximum absolute atomic E-state index is 11.8. The Morgan fingerprint density at radius 1 is 0.844 bits per heavy atom. The number of likely N-dealkylation sites (tertiary alicyclic amines) is 1. The van der Waals surface area contributed by atoms with Gasteiger partial charge in [-0.05, 0) is 25.7 Å². The lowest BCUT2D eigenvalue weighted by Gasteiger charge is -2.37. The molecule has 1 aromatic heterocycles. The first-order valence-electron chi connectivity index (χ1n) is 11.7. The van der Waals surface area contributed by atoms with Crippen LogP contribution in [0, 0.1) is 0 Å². The maximum Gasteiger partial charge on any atom is 0.232 e. The van der Waals surface area contributed by atoms with Gasteiger partial charge < -0.3 is 43.0 Å². The molecule has 0 spiro atoms. The van der Waals surface area contributed by atoms with Gasteiger partial charge in [0.1, 0.15) is 0 Å². The average Bonchev–Trinajstić information content (AvgIpc) is 3.14. The number of nitrogens with one attached hydrogen (secondary N) is 1. The molecule has 4 atom stereocenters.